The third-order valence-corrected chi connectivity index (χ3v) is 4.38. The molecule has 1 amide bonds. The maximum Gasteiger partial charge on any atom is 0.392 e. The zero-order valence-corrected chi connectivity index (χ0v) is 17.0. The summed E-state index contributed by atoms with van der Waals surface area (Å²) in [6.07, 6.45) is -5.72. The highest BCUT2D eigenvalue weighted by atomic mass is 19.4. The highest BCUT2D eigenvalue weighted by Crippen LogP contribution is 2.58. The summed E-state index contributed by atoms with van der Waals surface area (Å²) in [5, 5.41) is 0. The Bertz CT molecular complexity index is 592. The summed E-state index contributed by atoms with van der Waals surface area (Å²) in [7, 11) is 0. The fourth-order valence-corrected chi connectivity index (χ4v) is 2.22. The minimum atomic E-state index is -7.71. The molecule has 0 aliphatic carbocycles. The molecule has 0 aliphatic rings. The SMILES string of the molecule is CC(C)CCN(CCC(C)C)C(=O)C(F)(F)C(F)(F)C(F)(F)C(F)(F)C(F)(F)C(F)F. The van der Waals surface area contributed by atoms with Gasteiger partial charge in [0, 0.05) is 13.1 Å². The van der Waals surface area contributed by atoms with Gasteiger partial charge >= 0.3 is 36.0 Å². The summed E-state index contributed by atoms with van der Waals surface area (Å²) in [5.74, 6) is -40.0. The van der Waals surface area contributed by atoms with Crippen LogP contribution in [0.15, 0.2) is 0 Å². The van der Waals surface area contributed by atoms with Gasteiger partial charge in [-0.25, -0.2) is 8.78 Å². The van der Waals surface area contributed by atoms with Crippen LogP contribution in [0.5, 0.6) is 0 Å². The first-order chi connectivity index (χ1) is 13.6. The predicted molar refractivity (Wildman–Crippen MR) is 86.2 cm³/mol. The van der Waals surface area contributed by atoms with Crippen LogP contribution >= 0.6 is 0 Å². The van der Waals surface area contributed by atoms with Gasteiger partial charge in [-0.05, 0) is 24.7 Å². The van der Waals surface area contributed by atoms with E-state index in [2.05, 4.69) is 0 Å². The van der Waals surface area contributed by atoms with Gasteiger partial charge in [-0.15, -0.1) is 0 Å². The summed E-state index contributed by atoms with van der Waals surface area (Å²) < 4.78 is 160. The van der Waals surface area contributed by atoms with Crippen LogP contribution in [0.25, 0.3) is 0 Å². The van der Waals surface area contributed by atoms with Crippen molar-refractivity contribution in [3.63, 3.8) is 0 Å². The average molecular weight is 485 g/mol. The Morgan fingerprint density at radius 1 is 0.677 bits per heavy atom. The molecule has 0 unspecified atom stereocenters. The first-order valence-electron chi connectivity index (χ1n) is 9.05. The average Bonchev–Trinajstić information content (AvgIpc) is 2.59. The molecule has 0 aromatic rings. The van der Waals surface area contributed by atoms with Crippen molar-refractivity contribution in [3.05, 3.63) is 0 Å². The molecule has 0 saturated heterocycles. The van der Waals surface area contributed by atoms with Gasteiger partial charge in [0.15, 0.2) is 0 Å². The molecule has 31 heavy (non-hydrogen) atoms. The molecule has 0 spiro atoms. The van der Waals surface area contributed by atoms with Crippen molar-refractivity contribution in [2.24, 2.45) is 11.8 Å². The van der Waals surface area contributed by atoms with Crippen LogP contribution in [-0.2, 0) is 4.79 Å². The van der Waals surface area contributed by atoms with E-state index in [4.69, 9.17) is 0 Å². The minimum Gasteiger partial charge on any atom is -0.337 e. The van der Waals surface area contributed by atoms with E-state index >= 15 is 0 Å². The van der Waals surface area contributed by atoms with Crippen LogP contribution in [0.4, 0.5) is 52.7 Å². The number of alkyl halides is 12. The number of hydrogen-bond acceptors (Lipinski definition) is 1. The molecule has 0 fully saturated rings. The van der Waals surface area contributed by atoms with Gasteiger partial charge in [0.25, 0.3) is 5.91 Å². The molecule has 0 aromatic carbocycles. The Morgan fingerprint density at radius 2 is 1.03 bits per heavy atom. The maximum absolute atomic E-state index is 14.1. The zero-order chi connectivity index (χ0) is 25.2. The van der Waals surface area contributed by atoms with Gasteiger partial charge in [0.1, 0.15) is 0 Å². The van der Waals surface area contributed by atoms with E-state index in [1.165, 1.54) is 0 Å². The number of halogens is 12. The van der Waals surface area contributed by atoms with Crippen LogP contribution in [0.3, 0.4) is 0 Å². The van der Waals surface area contributed by atoms with Crippen LogP contribution < -0.4 is 0 Å². The second-order valence-electron chi connectivity index (χ2n) is 7.88. The molecule has 186 valence electrons. The van der Waals surface area contributed by atoms with Gasteiger partial charge in [-0.1, -0.05) is 27.7 Å². The highest BCUT2D eigenvalue weighted by molar-refractivity contribution is 5.85. The molecule has 0 aromatic heterocycles. The number of amides is 1. The molecular weight excluding hydrogens is 462 g/mol. The van der Waals surface area contributed by atoms with E-state index in [1.807, 2.05) is 0 Å². The summed E-state index contributed by atoms with van der Waals surface area (Å²) in [6.45, 7) is 4.87. The lowest BCUT2D eigenvalue weighted by Gasteiger charge is -2.39. The third-order valence-electron chi connectivity index (χ3n) is 4.38. The molecular formula is C17H23F12NO. The molecule has 0 aliphatic heterocycles. The van der Waals surface area contributed by atoms with E-state index in [0.29, 0.717) is 0 Å². The van der Waals surface area contributed by atoms with Crippen molar-refractivity contribution < 1.29 is 57.5 Å². The molecule has 0 radical (unpaired) electrons. The summed E-state index contributed by atoms with van der Waals surface area (Å²) in [6, 6.07) is 0. The van der Waals surface area contributed by atoms with Crippen molar-refractivity contribution in [3.8, 4) is 0 Å². The van der Waals surface area contributed by atoms with E-state index in [9.17, 15) is 57.5 Å². The molecule has 0 heterocycles. The molecule has 0 N–H and O–H groups in total. The van der Waals surface area contributed by atoms with Crippen molar-refractivity contribution in [2.75, 3.05) is 13.1 Å². The number of carbonyl (C=O) groups excluding carboxylic acids is 1. The Labute approximate surface area is 170 Å². The first kappa shape index (κ1) is 29.6. The normalized spacial score (nSPS) is 14.7. The van der Waals surface area contributed by atoms with Gasteiger partial charge in [0.05, 0.1) is 0 Å². The molecule has 2 nitrogen and oxygen atoms in total. The van der Waals surface area contributed by atoms with Gasteiger partial charge in [-0.2, -0.15) is 43.9 Å². The van der Waals surface area contributed by atoms with Crippen molar-refractivity contribution in [1.82, 2.24) is 4.90 Å². The summed E-state index contributed by atoms with van der Waals surface area (Å²) in [5.41, 5.74) is 0. The fraction of sp³-hybridized carbons (Fsp3) is 0.941. The van der Waals surface area contributed by atoms with E-state index in [1.54, 1.807) is 27.7 Å². The third kappa shape index (κ3) is 5.52. The first-order valence-corrected chi connectivity index (χ1v) is 9.05. The smallest absolute Gasteiger partial charge is 0.337 e. The monoisotopic (exact) mass is 485 g/mol. The minimum absolute atomic E-state index is 0.0351. The van der Waals surface area contributed by atoms with Crippen LogP contribution in [0, 0.1) is 11.8 Å². The van der Waals surface area contributed by atoms with E-state index in [-0.39, 0.29) is 29.6 Å². The molecule has 14 heteroatoms. The Balaban J connectivity index is 6.23. The summed E-state index contributed by atoms with van der Waals surface area (Å²) >= 11 is 0. The lowest BCUT2D eigenvalue weighted by atomic mass is 9.93. The van der Waals surface area contributed by atoms with Gasteiger partial charge in [-0.3, -0.25) is 4.79 Å². The summed E-state index contributed by atoms with van der Waals surface area (Å²) in [4.78, 5) is 12.0. The highest BCUT2D eigenvalue weighted by Gasteiger charge is 2.89. The van der Waals surface area contributed by atoms with Crippen LogP contribution in [0.1, 0.15) is 40.5 Å². The lowest BCUT2D eigenvalue weighted by molar-refractivity contribution is -0.407. The quantitative estimate of drug-likeness (QED) is 0.295. The van der Waals surface area contributed by atoms with E-state index < -0.39 is 55.0 Å². The Hall–Kier alpha value is -1.37. The number of carbonyl (C=O) groups is 1. The van der Waals surface area contributed by atoms with E-state index in [0.717, 1.165) is 0 Å². The Kier molecular flexibility index (Phi) is 9.21. The zero-order valence-electron chi connectivity index (χ0n) is 17.0. The van der Waals surface area contributed by atoms with Crippen LogP contribution in [0.2, 0.25) is 0 Å². The number of nitrogens with zero attached hydrogens (tertiary/aromatic N) is 1. The molecule has 0 atom stereocenters. The van der Waals surface area contributed by atoms with Crippen molar-refractivity contribution in [1.29, 1.82) is 0 Å². The van der Waals surface area contributed by atoms with Gasteiger partial charge in [0.2, 0.25) is 0 Å². The second-order valence-corrected chi connectivity index (χ2v) is 7.88. The number of hydrogen-bond donors (Lipinski definition) is 0. The topological polar surface area (TPSA) is 20.3 Å². The fourth-order valence-electron chi connectivity index (χ4n) is 2.22. The van der Waals surface area contributed by atoms with Crippen molar-refractivity contribution in [2.45, 2.75) is 76.6 Å². The standard InChI is InChI=1S/C17H23F12NO/c1-9(2)5-7-30(8-6-10(3)4)12(31)14(22,23)16(26,27)17(28,29)15(24,25)13(20,21)11(18)19/h9-11H,5-8H2,1-4H3. The second kappa shape index (κ2) is 9.63. The molecule has 0 saturated carbocycles. The van der Waals surface area contributed by atoms with Crippen molar-refractivity contribution >= 4 is 5.91 Å². The molecule has 0 rings (SSSR count). The number of rotatable bonds is 12. The van der Waals surface area contributed by atoms with Crippen LogP contribution in [-0.4, -0.2) is 59.9 Å². The predicted octanol–water partition coefficient (Wildman–Crippen LogP) is 6.35. The Morgan fingerprint density at radius 3 is 1.32 bits per heavy atom. The molecule has 0 bridgehead atoms. The van der Waals surface area contributed by atoms with Gasteiger partial charge < -0.3 is 4.90 Å². The lowest BCUT2D eigenvalue weighted by Crippen LogP contribution is -2.71. The maximum atomic E-state index is 14.1. The largest absolute Gasteiger partial charge is 0.392 e.